The highest BCUT2D eigenvalue weighted by atomic mass is 16.4. The monoisotopic (exact) mass is 287 g/mol. The van der Waals surface area contributed by atoms with Gasteiger partial charge in [-0.2, -0.15) is 5.26 Å². The van der Waals surface area contributed by atoms with Crippen LogP contribution in [0.5, 0.6) is 0 Å². The van der Waals surface area contributed by atoms with Crippen molar-refractivity contribution in [1.29, 1.82) is 5.26 Å². The molecule has 1 aliphatic carbocycles. The molecule has 1 saturated carbocycles. The number of nitrogens with zero attached hydrogens (tertiary/aromatic N) is 1. The average molecular weight is 287 g/mol. The Kier molecular flexibility index (Phi) is 4.13. The predicted molar refractivity (Wildman–Crippen MR) is 76.7 cm³/mol. The van der Waals surface area contributed by atoms with E-state index in [0.29, 0.717) is 17.7 Å². The van der Waals surface area contributed by atoms with E-state index in [0.717, 1.165) is 12.8 Å². The van der Waals surface area contributed by atoms with Crippen molar-refractivity contribution in [2.45, 2.75) is 31.7 Å². The van der Waals surface area contributed by atoms with Gasteiger partial charge in [-0.15, -0.1) is 0 Å². The van der Waals surface area contributed by atoms with Gasteiger partial charge in [-0.05, 0) is 43.4 Å². The van der Waals surface area contributed by atoms with Crippen molar-refractivity contribution in [2.24, 2.45) is 5.92 Å². The Morgan fingerprint density at radius 3 is 2.71 bits per heavy atom. The van der Waals surface area contributed by atoms with Gasteiger partial charge in [0.05, 0.1) is 11.6 Å². The number of nitrogens with one attached hydrogen (secondary N) is 2. The van der Waals surface area contributed by atoms with Crippen LogP contribution in [0.1, 0.15) is 31.7 Å². The van der Waals surface area contributed by atoms with Crippen LogP contribution in [0.15, 0.2) is 24.3 Å². The van der Waals surface area contributed by atoms with Gasteiger partial charge in [0, 0.05) is 5.69 Å². The summed E-state index contributed by atoms with van der Waals surface area (Å²) in [6.07, 6.45) is 1.95. The Morgan fingerprint density at radius 1 is 1.48 bits per heavy atom. The summed E-state index contributed by atoms with van der Waals surface area (Å²) in [7, 11) is 0. The molecule has 0 saturated heterocycles. The second-order valence-electron chi connectivity index (χ2n) is 5.18. The van der Waals surface area contributed by atoms with Crippen molar-refractivity contribution in [3.05, 3.63) is 29.8 Å². The summed E-state index contributed by atoms with van der Waals surface area (Å²) in [5, 5.41) is 23.4. The van der Waals surface area contributed by atoms with Crippen molar-refractivity contribution in [3.8, 4) is 6.07 Å². The lowest BCUT2D eigenvalue weighted by Gasteiger charge is -2.29. The van der Waals surface area contributed by atoms with Crippen LogP contribution in [0.3, 0.4) is 0 Å². The maximum absolute atomic E-state index is 12.1. The number of rotatable bonds is 5. The number of carboxylic acid groups (broad SMARTS) is 1. The molecule has 1 aromatic carbocycles. The van der Waals surface area contributed by atoms with Gasteiger partial charge in [0.1, 0.15) is 5.54 Å². The zero-order valence-electron chi connectivity index (χ0n) is 11.7. The minimum absolute atomic E-state index is 0.0174. The van der Waals surface area contributed by atoms with Crippen molar-refractivity contribution >= 4 is 17.7 Å². The summed E-state index contributed by atoms with van der Waals surface area (Å²) in [5.41, 5.74) is -0.329. The summed E-state index contributed by atoms with van der Waals surface area (Å²) < 4.78 is 0. The van der Waals surface area contributed by atoms with Crippen LogP contribution in [-0.4, -0.2) is 22.6 Å². The third-order valence-corrected chi connectivity index (χ3v) is 3.80. The normalized spacial score (nSPS) is 16.4. The lowest BCUT2D eigenvalue weighted by Crippen LogP contribution is -2.57. The molecule has 21 heavy (non-hydrogen) atoms. The van der Waals surface area contributed by atoms with E-state index in [4.69, 9.17) is 5.26 Å². The topological polar surface area (TPSA) is 102 Å². The molecule has 0 spiro atoms. The fourth-order valence-corrected chi connectivity index (χ4v) is 2.47. The van der Waals surface area contributed by atoms with Crippen LogP contribution in [0.2, 0.25) is 0 Å². The largest absolute Gasteiger partial charge is 0.479 e. The Hall–Kier alpha value is -2.55. The quantitative estimate of drug-likeness (QED) is 0.773. The van der Waals surface area contributed by atoms with Gasteiger partial charge in [0.2, 0.25) is 0 Å². The number of anilines is 1. The minimum atomic E-state index is -1.21. The highest BCUT2D eigenvalue weighted by molar-refractivity contribution is 5.94. The number of urea groups is 1. The zero-order chi connectivity index (χ0) is 15.5. The predicted octanol–water partition coefficient (Wildman–Crippen LogP) is 2.32. The van der Waals surface area contributed by atoms with Gasteiger partial charge in [0.25, 0.3) is 0 Å². The van der Waals surface area contributed by atoms with Crippen LogP contribution in [0.25, 0.3) is 0 Å². The molecule has 6 nitrogen and oxygen atoms in total. The lowest BCUT2D eigenvalue weighted by atomic mass is 9.90. The Balaban J connectivity index is 2.09. The first-order chi connectivity index (χ1) is 10.0. The second kappa shape index (κ2) is 5.83. The third-order valence-electron chi connectivity index (χ3n) is 3.80. The molecule has 2 amide bonds. The van der Waals surface area contributed by atoms with Crippen molar-refractivity contribution in [1.82, 2.24) is 5.32 Å². The molecule has 0 aromatic heterocycles. The molecule has 3 N–H and O–H groups in total. The smallest absolute Gasteiger partial charge is 0.329 e. The highest BCUT2D eigenvalue weighted by Crippen LogP contribution is 2.41. The van der Waals surface area contributed by atoms with Crippen LogP contribution in [-0.2, 0) is 4.79 Å². The van der Waals surface area contributed by atoms with Gasteiger partial charge in [-0.25, -0.2) is 9.59 Å². The summed E-state index contributed by atoms with van der Waals surface area (Å²) in [5.74, 6) is -1.02. The number of nitriles is 1. The van der Waals surface area contributed by atoms with E-state index in [1.807, 2.05) is 6.07 Å². The molecule has 0 bridgehead atoms. The maximum atomic E-state index is 12.1. The summed E-state index contributed by atoms with van der Waals surface area (Å²) >= 11 is 0. The molecule has 0 aliphatic heterocycles. The molecule has 110 valence electrons. The van der Waals surface area contributed by atoms with Gasteiger partial charge in [-0.1, -0.05) is 13.0 Å². The number of benzene rings is 1. The Labute approximate surface area is 122 Å². The lowest BCUT2D eigenvalue weighted by molar-refractivity contribution is -0.145. The average Bonchev–Trinajstić information content (AvgIpc) is 3.29. The van der Waals surface area contributed by atoms with E-state index in [1.54, 1.807) is 25.1 Å². The molecular weight excluding hydrogens is 270 g/mol. The summed E-state index contributed by atoms with van der Waals surface area (Å²) in [6, 6.07) is 7.87. The third kappa shape index (κ3) is 3.14. The van der Waals surface area contributed by atoms with Crippen molar-refractivity contribution in [3.63, 3.8) is 0 Å². The SMILES string of the molecule is CCC(NC(=O)Nc1cccc(C#N)c1)(C(=O)O)C1CC1. The van der Waals surface area contributed by atoms with Crippen molar-refractivity contribution < 1.29 is 14.7 Å². The molecule has 1 fully saturated rings. The first kappa shape index (κ1) is 14.9. The summed E-state index contributed by atoms with van der Waals surface area (Å²) in [6.45, 7) is 1.75. The standard InChI is InChI=1S/C15H17N3O3/c1-2-15(13(19)20,11-6-7-11)18-14(21)17-12-5-3-4-10(8-12)9-16/h3-5,8,11H,2,6-7H2,1H3,(H,19,20)(H2,17,18,21). The van der Waals surface area contributed by atoms with E-state index in [1.165, 1.54) is 6.07 Å². The fourth-order valence-electron chi connectivity index (χ4n) is 2.47. The maximum Gasteiger partial charge on any atom is 0.329 e. The van der Waals surface area contributed by atoms with Crippen molar-refractivity contribution in [2.75, 3.05) is 5.32 Å². The molecule has 1 unspecified atom stereocenters. The highest BCUT2D eigenvalue weighted by Gasteiger charge is 2.51. The Morgan fingerprint density at radius 2 is 2.19 bits per heavy atom. The number of hydrogen-bond acceptors (Lipinski definition) is 3. The second-order valence-corrected chi connectivity index (χ2v) is 5.18. The van der Waals surface area contributed by atoms with Crippen LogP contribution >= 0.6 is 0 Å². The Bertz CT molecular complexity index is 604. The molecule has 1 aromatic rings. The number of carbonyl (C=O) groups excluding carboxylic acids is 1. The number of amides is 2. The summed E-state index contributed by atoms with van der Waals surface area (Å²) in [4.78, 5) is 23.6. The van der Waals surface area contributed by atoms with E-state index >= 15 is 0 Å². The number of carbonyl (C=O) groups is 2. The van der Waals surface area contributed by atoms with Crippen LogP contribution in [0, 0.1) is 17.2 Å². The molecule has 0 radical (unpaired) electrons. The fraction of sp³-hybridized carbons (Fsp3) is 0.400. The van der Waals surface area contributed by atoms with Crippen LogP contribution in [0.4, 0.5) is 10.5 Å². The molecule has 2 rings (SSSR count). The zero-order valence-corrected chi connectivity index (χ0v) is 11.7. The minimum Gasteiger partial charge on any atom is -0.479 e. The molecule has 0 heterocycles. The molecule has 1 aliphatic rings. The first-order valence-electron chi connectivity index (χ1n) is 6.84. The van der Waals surface area contributed by atoms with Gasteiger partial charge >= 0.3 is 12.0 Å². The van der Waals surface area contributed by atoms with E-state index in [2.05, 4.69) is 10.6 Å². The van der Waals surface area contributed by atoms with E-state index in [-0.39, 0.29) is 5.92 Å². The van der Waals surface area contributed by atoms with E-state index in [9.17, 15) is 14.7 Å². The number of aliphatic carboxylic acids is 1. The van der Waals surface area contributed by atoms with Gasteiger partial charge < -0.3 is 15.7 Å². The van der Waals surface area contributed by atoms with Gasteiger partial charge in [-0.3, -0.25) is 0 Å². The van der Waals surface area contributed by atoms with Gasteiger partial charge in [0.15, 0.2) is 0 Å². The van der Waals surface area contributed by atoms with E-state index < -0.39 is 17.5 Å². The number of carboxylic acids is 1. The van der Waals surface area contributed by atoms with Crippen LogP contribution < -0.4 is 10.6 Å². The molecular formula is C15H17N3O3. The molecule has 6 heteroatoms. The number of hydrogen-bond donors (Lipinski definition) is 3. The molecule has 1 atom stereocenters. The first-order valence-corrected chi connectivity index (χ1v) is 6.84.